The van der Waals surface area contributed by atoms with Crippen LogP contribution in [0.3, 0.4) is 0 Å². The molecular weight excluding hydrogens is 481 g/mol. The molecule has 0 amide bonds. The number of aliphatic imine (C=N–C) groups is 1. The van der Waals surface area contributed by atoms with Gasteiger partial charge in [0.05, 0.1) is 18.8 Å². The molecule has 0 spiro atoms. The number of nitrogens with one attached hydrogen (secondary N) is 2. The summed E-state index contributed by atoms with van der Waals surface area (Å²) in [5, 5.41) is 10.9. The van der Waals surface area contributed by atoms with Crippen molar-refractivity contribution in [2.24, 2.45) is 12.0 Å². The van der Waals surface area contributed by atoms with E-state index < -0.39 is 0 Å². The zero-order valence-electron chi connectivity index (χ0n) is 17.5. The van der Waals surface area contributed by atoms with E-state index in [4.69, 9.17) is 9.47 Å². The van der Waals surface area contributed by atoms with Crippen molar-refractivity contribution in [2.45, 2.75) is 45.9 Å². The van der Waals surface area contributed by atoms with Gasteiger partial charge in [-0.15, -0.1) is 24.0 Å². The third-order valence-corrected chi connectivity index (χ3v) is 4.64. The molecule has 7 nitrogen and oxygen atoms in total. The van der Waals surface area contributed by atoms with Crippen molar-refractivity contribution in [3.8, 4) is 5.75 Å². The van der Waals surface area contributed by atoms with Crippen LogP contribution in [-0.4, -0.2) is 41.6 Å². The Morgan fingerprint density at radius 2 is 2.24 bits per heavy atom. The molecule has 1 atom stereocenters. The van der Waals surface area contributed by atoms with Gasteiger partial charge < -0.3 is 20.1 Å². The Kier molecular flexibility index (Phi) is 9.72. The number of hydrogen-bond donors (Lipinski definition) is 2. The summed E-state index contributed by atoms with van der Waals surface area (Å²) in [7, 11) is 1.91. The molecule has 1 aromatic heterocycles. The van der Waals surface area contributed by atoms with Crippen LogP contribution < -0.4 is 15.4 Å². The summed E-state index contributed by atoms with van der Waals surface area (Å²) in [6.07, 6.45) is 6.22. The number of nitrogens with zero attached hydrogens (tertiary/aromatic N) is 3. The number of hydrogen-bond acceptors (Lipinski definition) is 4. The van der Waals surface area contributed by atoms with E-state index in [1.807, 2.05) is 19.4 Å². The van der Waals surface area contributed by atoms with E-state index in [9.17, 15) is 0 Å². The summed E-state index contributed by atoms with van der Waals surface area (Å²) in [6, 6.07) is 6.30. The lowest BCUT2D eigenvalue weighted by Crippen LogP contribution is -2.36. The minimum absolute atomic E-state index is 0. The predicted molar refractivity (Wildman–Crippen MR) is 126 cm³/mol. The highest BCUT2D eigenvalue weighted by molar-refractivity contribution is 14.0. The third-order valence-electron chi connectivity index (χ3n) is 4.64. The maximum absolute atomic E-state index is 6.09. The topological polar surface area (TPSA) is 72.7 Å². The Labute approximate surface area is 190 Å². The Morgan fingerprint density at radius 3 is 2.93 bits per heavy atom. The average molecular weight is 513 g/mol. The second-order valence-corrected chi connectivity index (χ2v) is 7.13. The highest BCUT2D eigenvalue weighted by Gasteiger charge is 2.17. The van der Waals surface area contributed by atoms with Crippen LogP contribution in [0.25, 0.3) is 0 Å². The molecule has 1 aromatic carbocycles. The van der Waals surface area contributed by atoms with E-state index in [0.29, 0.717) is 19.7 Å². The van der Waals surface area contributed by atoms with Crippen molar-refractivity contribution in [1.29, 1.82) is 0 Å². The van der Waals surface area contributed by atoms with Gasteiger partial charge in [-0.1, -0.05) is 12.1 Å². The van der Waals surface area contributed by atoms with Crippen LogP contribution in [0, 0.1) is 6.92 Å². The van der Waals surface area contributed by atoms with Crippen LogP contribution >= 0.6 is 24.0 Å². The van der Waals surface area contributed by atoms with Gasteiger partial charge in [0.25, 0.3) is 0 Å². The van der Waals surface area contributed by atoms with E-state index >= 15 is 0 Å². The van der Waals surface area contributed by atoms with Crippen molar-refractivity contribution in [3.05, 3.63) is 47.3 Å². The van der Waals surface area contributed by atoms with Crippen molar-refractivity contribution in [1.82, 2.24) is 20.4 Å². The largest absolute Gasteiger partial charge is 0.491 e. The zero-order valence-corrected chi connectivity index (χ0v) is 19.8. The molecule has 0 radical (unpaired) electrons. The fourth-order valence-corrected chi connectivity index (χ4v) is 3.15. The van der Waals surface area contributed by atoms with Crippen LogP contribution in [0.2, 0.25) is 0 Å². The van der Waals surface area contributed by atoms with E-state index in [-0.39, 0.29) is 30.1 Å². The number of benzene rings is 1. The first kappa shape index (κ1) is 23.5. The number of ether oxygens (including phenoxy) is 2. The molecule has 8 heteroatoms. The van der Waals surface area contributed by atoms with Gasteiger partial charge in [0.2, 0.25) is 0 Å². The summed E-state index contributed by atoms with van der Waals surface area (Å²) in [4.78, 5) is 4.65. The van der Waals surface area contributed by atoms with Gasteiger partial charge in [0, 0.05) is 44.1 Å². The molecule has 3 rings (SSSR count). The van der Waals surface area contributed by atoms with Crippen LogP contribution in [0.5, 0.6) is 5.75 Å². The average Bonchev–Trinajstić information content (AvgIpc) is 3.35. The zero-order chi connectivity index (χ0) is 19.8. The minimum atomic E-state index is 0. The van der Waals surface area contributed by atoms with Crippen LogP contribution in [0.15, 0.2) is 35.6 Å². The molecule has 1 fully saturated rings. The molecule has 0 aliphatic carbocycles. The molecule has 1 saturated heterocycles. The van der Waals surface area contributed by atoms with Gasteiger partial charge in [-0.2, -0.15) is 5.10 Å². The highest BCUT2D eigenvalue weighted by Crippen LogP contribution is 2.22. The van der Waals surface area contributed by atoms with Crippen molar-refractivity contribution in [2.75, 3.05) is 19.8 Å². The fourth-order valence-electron chi connectivity index (χ4n) is 3.15. The Hall–Kier alpha value is -1.81. The van der Waals surface area contributed by atoms with Gasteiger partial charge >= 0.3 is 0 Å². The molecule has 0 saturated carbocycles. The number of halogens is 1. The SMILES string of the molecule is CCNC(=NCc1cnn(C)c1)NCc1ccc(C)cc1OCC1CCCO1.I. The predicted octanol–water partition coefficient (Wildman–Crippen LogP) is 3.16. The maximum Gasteiger partial charge on any atom is 0.191 e. The second kappa shape index (κ2) is 12.0. The number of guanidine groups is 1. The number of aromatic nitrogens is 2. The Morgan fingerprint density at radius 1 is 1.38 bits per heavy atom. The quantitative estimate of drug-likeness (QED) is 0.323. The van der Waals surface area contributed by atoms with Gasteiger partial charge in [0.15, 0.2) is 5.96 Å². The lowest BCUT2D eigenvalue weighted by Gasteiger charge is -2.17. The van der Waals surface area contributed by atoms with Crippen molar-refractivity contribution >= 4 is 29.9 Å². The lowest BCUT2D eigenvalue weighted by atomic mass is 10.1. The van der Waals surface area contributed by atoms with Gasteiger partial charge in [-0.25, -0.2) is 4.99 Å². The Balaban J connectivity index is 0.00000300. The molecule has 2 N–H and O–H groups in total. The first-order valence-electron chi connectivity index (χ1n) is 9.97. The summed E-state index contributed by atoms with van der Waals surface area (Å²) in [6.45, 7) is 7.61. The molecule has 160 valence electrons. The Bertz CT molecular complexity index is 787. The summed E-state index contributed by atoms with van der Waals surface area (Å²) < 4.78 is 13.6. The van der Waals surface area contributed by atoms with E-state index in [2.05, 4.69) is 52.8 Å². The lowest BCUT2D eigenvalue weighted by molar-refractivity contribution is 0.0676. The van der Waals surface area contributed by atoms with Crippen molar-refractivity contribution < 1.29 is 9.47 Å². The monoisotopic (exact) mass is 513 g/mol. The molecule has 0 bridgehead atoms. The minimum Gasteiger partial charge on any atom is -0.491 e. The van der Waals surface area contributed by atoms with Gasteiger partial charge in [-0.3, -0.25) is 4.68 Å². The van der Waals surface area contributed by atoms with Crippen LogP contribution in [0.4, 0.5) is 0 Å². The molecular formula is C21H32IN5O2. The van der Waals surface area contributed by atoms with Crippen LogP contribution in [-0.2, 0) is 24.9 Å². The van der Waals surface area contributed by atoms with Crippen molar-refractivity contribution in [3.63, 3.8) is 0 Å². The standard InChI is InChI=1S/C21H31N5O2.HI/c1-4-22-21(23-11-17-12-25-26(3)14-17)24-13-18-8-7-16(2)10-20(18)28-15-19-6-5-9-27-19;/h7-8,10,12,14,19H,4-6,9,11,13,15H2,1-3H3,(H2,22,23,24);1H. The fraction of sp³-hybridized carbons (Fsp3) is 0.524. The third kappa shape index (κ3) is 7.50. The maximum atomic E-state index is 6.09. The molecule has 1 unspecified atom stereocenters. The summed E-state index contributed by atoms with van der Waals surface area (Å²) in [5.41, 5.74) is 3.37. The van der Waals surface area contributed by atoms with Crippen LogP contribution in [0.1, 0.15) is 36.5 Å². The number of rotatable bonds is 8. The molecule has 2 heterocycles. The second-order valence-electron chi connectivity index (χ2n) is 7.13. The molecule has 29 heavy (non-hydrogen) atoms. The summed E-state index contributed by atoms with van der Waals surface area (Å²) in [5.74, 6) is 1.68. The first-order valence-corrected chi connectivity index (χ1v) is 9.97. The first-order chi connectivity index (χ1) is 13.6. The van der Waals surface area contributed by atoms with E-state index in [1.165, 1.54) is 5.56 Å². The molecule has 2 aromatic rings. The normalized spacial score (nSPS) is 16.4. The molecule has 1 aliphatic heterocycles. The van der Waals surface area contributed by atoms with Gasteiger partial charge in [0.1, 0.15) is 12.4 Å². The summed E-state index contributed by atoms with van der Waals surface area (Å²) >= 11 is 0. The van der Waals surface area contributed by atoms with E-state index in [1.54, 1.807) is 4.68 Å². The van der Waals surface area contributed by atoms with Gasteiger partial charge in [-0.05, 0) is 38.3 Å². The molecule has 1 aliphatic rings. The number of aryl methyl sites for hydroxylation is 2. The highest BCUT2D eigenvalue weighted by atomic mass is 127. The van der Waals surface area contributed by atoms with E-state index in [0.717, 1.165) is 48.8 Å². The smallest absolute Gasteiger partial charge is 0.191 e.